The molecule has 0 fully saturated rings. The van der Waals surface area contributed by atoms with Crippen molar-refractivity contribution in [1.82, 2.24) is 0 Å². The number of phenolic OH excluding ortho intramolecular Hbond substituents is 2. The molecule has 0 heterocycles. The van der Waals surface area contributed by atoms with Crippen molar-refractivity contribution < 1.29 is 37.0 Å². The van der Waals surface area contributed by atoms with Crippen LogP contribution in [0.5, 0.6) is 11.5 Å². The Bertz CT molecular complexity index is 801. The minimum Gasteiger partial charge on any atom is -0.508 e. The van der Waals surface area contributed by atoms with Crippen LogP contribution < -0.4 is 0 Å². The molecule has 0 unspecified atom stereocenters. The Kier molecular flexibility index (Phi) is 4.35. The number of rotatable bonds is 3. The fourth-order valence-electron chi connectivity index (χ4n) is 1.75. The van der Waals surface area contributed by atoms with E-state index in [1.54, 1.807) is 0 Å². The van der Waals surface area contributed by atoms with Crippen LogP contribution in [0.1, 0.15) is 15.9 Å². The monoisotopic (exact) mass is 330 g/mol. The topological polar surface area (TPSA) is 57.5 Å². The molecule has 0 bridgehead atoms. The molecule has 0 aliphatic rings. The van der Waals surface area contributed by atoms with Gasteiger partial charge in [0.15, 0.2) is 29.1 Å². The highest BCUT2D eigenvalue weighted by Crippen LogP contribution is 2.26. The normalized spacial score (nSPS) is 11.2. The summed E-state index contributed by atoms with van der Waals surface area (Å²) in [7, 11) is 0. The lowest BCUT2D eigenvalue weighted by molar-refractivity contribution is 0.103. The van der Waals surface area contributed by atoms with Crippen LogP contribution in [0.25, 0.3) is 6.08 Å². The molecule has 0 spiro atoms. The summed E-state index contributed by atoms with van der Waals surface area (Å²) in [5, 5.41) is 18.7. The van der Waals surface area contributed by atoms with Crippen molar-refractivity contribution in [1.29, 1.82) is 0 Å². The fraction of sp³-hybridized carbons (Fsp3) is 0. The van der Waals surface area contributed by atoms with Crippen molar-refractivity contribution in [3.05, 3.63) is 64.5 Å². The molecule has 0 amide bonds. The number of phenols is 2. The zero-order valence-electron chi connectivity index (χ0n) is 11.1. The molecular formula is C15H7F5O3. The molecule has 3 nitrogen and oxygen atoms in total. The first kappa shape index (κ1) is 16.5. The maximum atomic E-state index is 13.5. The maximum absolute atomic E-state index is 13.5. The first-order chi connectivity index (χ1) is 10.7. The van der Waals surface area contributed by atoms with E-state index in [1.807, 2.05) is 0 Å². The van der Waals surface area contributed by atoms with Gasteiger partial charge in [-0.2, -0.15) is 0 Å². The van der Waals surface area contributed by atoms with Gasteiger partial charge < -0.3 is 10.2 Å². The van der Waals surface area contributed by atoms with E-state index in [0.29, 0.717) is 6.08 Å². The van der Waals surface area contributed by atoms with Crippen LogP contribution in [0.15, 0.2) is 24.3 Å². The molecule has 0 radical (unpaired) electrons. The minimum atomic E-state index is -2.37. The molecule has 23 heavy (non-hydrogen) atoms. The van der Waals surface area contributed by atoms with Gasteiger partial charge in [0, 0.05) is 5.56 Å². The fourth-order valence-corrected chi connectivity index (χ4v) is 1.75. The molecule has 0 aliphatic heterocycles. The predicted octanol–water partition coefficient (Wildman–Crippen LogP) is 3.69. The van der Waals surface area contributed by atoms with E-state index < -0.39 is 40.4 Å². The van der Waals surface area contributed by atoms with Gasteiger partial charge in [0.05, 0.1) is 5.56 Å². The van der Waals surface area contributed by atoms with Crippen molar-refractivity contribution >= 4 is 11.9 Å². The van der Waals surface area contributed by atoms with E-state index in [9.17, 15) is 37.0 Å². The molecule has 2 aromatic carbocycles. The lowest BCUT2D eigenvalue weighted by Crippen LogP contribution is -2.11. The van der Waals surface area contributed by atoms with Gasteiger partial charge in [0.1, 0.15) is 11.5 Å². The van der Waals surface area contributed by atoms with Crippen LogP contribution in [0.3, 0.4) is 0 Å². The van der Waals surface area contributed by atoms with Gasteiger partial charge in [-0.3, -0.25) is 4.79 Å². The Labute approximate surface area is 125 Å². The van der Waals surface area contributed by atoms with Crippen LogP contribution in [0.4, 0.5) is 22.0 Å². The summed E-state index contributed by atoms with van der Waals surface area (Å²) in [5.74, 6) is -13.5. The van der Waals surface area contributed by atoms with E-state index in [-0.39, 0.29) is 17.1 Å². The highest BCUT2D eigenvalue weighted by atomic mass is 19.2. The molecule has 0 aliphatic carbocycles. The van der Waals surface area contributed by atoms with Crippen molar-refractivity contribution in [2.45, 2.75) is 0 Å². The second-order valence-corrected chi connectivity index (χ2v) is 4.39. The molecule has 0 atom stereocenters. The first-order valence-corrected chi connectivity index (χ1v) is 5.99. The predicted molar refractivity (Wildman–Crippen MR) is 69.4 cm³/mol. The molecule has 2 aromatic rings. The molecule has 0 aromatic heterocycles. The molecule has 0 saturated heterocycles. The highest BCUT2D eigenvalue weighted by Gasteiger charge is 2.28. The second kappa shape index (κ2) is 6.07. The number of carbonyl (C=O) groups excluding carboxylic acids is 1. The standard InChI is InChI=1S/C15H7F5O3/c16-11-10(12(17)14(19)15(20)13(11)18)9(23)3-1-6-5-7(21)2-4-8(6)22/h1-5,21-22H. The summed E-state index contributed by atoms with van der Waals surface area (Å²) in [6.45, 7) is 0. The summed E-state index contributed by atoms with van der Waals surface area (Å²) < 4.78 is 65.9. The van der Waals surface area contributed by atoms with Crippen LogP contribution in [-0.2, 0) is 0 Å². The van der Waals surface area contributed by atoms with Crippen LogP contribution in [0.2, 0.25) is 0 Å². The number of carbonyl (C=O) groups is 1. The molecule has 120 valence electrons. The van der Waals surface area contributed by atoms with E-state index in [1.165, 1.54) is 0 Å². The molecule has 0 saturated carbocycles. The van der Waals surface area contributed by atoms with Gasteiger partial charge in [0.25, 0.3) is 0 Å². The number of halogens is 5. The Morgan fingerprint density at radius 2 is 1.39 bits per heavy atom. The van der Waals surface area contributed by atoms with Gasteiger partial charge in [-0.25, -0.2) is 22.0 Å². The van der Waals surface area contributed by atoms with Crippen molar-refractivity contribution in [3.63, 3.8) is 0 Å². The summed E-state index contributed by atoms with van der Waals surface area (Å²) in [5.41, 5.74) is -1.71. The Morgan fingerprint density at radius 1 is 0.870 bits per heavy atom. The maximum Gasteiger partial charge on any atom is 0.200 e. The van der Waals surface area contributed by atoms with Crippen molar-refractivity contribution in [2.24, 2.45) is 0 Å². The number of hydrogen-bond donors (Lipinski definition) is 2. The zero-order valence-corrected chi connectivity index (χ0v) is 11.1. The van der Waals surface area contributed by atoms with E-state index in [0.717, 1.165) is 24.3 Å². The van der Waals surface area contributed by atoms with Gasteiger partial charge in [-0.15, -0.1) is 0 Å². The lowest BCUT2D eigenvalue weighted by Gasteiger charge is -2.05. The van der Waals surface area contributed by atoms with Crippen LogP contribution in [-0.4, -0.2) is 16.0 Å². The summed E-state index contributed by atoms with van der Waals surface area (Å²) in [4.78, 5) is 11.7. The third-order valence-corrected chi connectivity index (χ3v) is 2.88. The van der Waals surface area contributed by atoms with Gasteiger partial charge >= 0.3 is 0 Å². The third kappa shape index (κ3) is 3.01. The SMILES string of the molecule is O=C(C=Cc1cc(O)ccc1O)c1c(F)c(F)c(F)c(F)c1F. The van der Waals surface area contributed by atoms with Crippen molar-refractivity contribution in [2.75, 3.05) is 0 Å². The van der Waals surface area contributed by atoms with Gasteiger partial charge in [0.2, 0.25) is 5.82 Å². The number of aromatic hydroxyl groups is 2. The number of allylic oxidation sites excluding steroid dienone is 1. The highest BCUT2D eigenvalue weighted by molar-refractivity contribution is 6.07. The van der Waals surface area contributed by atoms with Crippen LogP contribution >= 0.6 is 0 Å². The summed E-state index contributed by atoms with van der Waals surface area (Å²) >= 11 is 0. The average molecular weight is 330 g/mol. The van der Waals surface area contributed by atoms with E-state index in [2.05, 4.69) is 0 Å². The van der Waals surface area contributed by atoms with E-state index >= 15 is 0 Å². The summed E-state index contributed by atoms with van der Waals surface area (Å²) in [6, 6.07) is 3.24. The Balaban J connectivity index is 2.46. The average Bonchev–Trinajstić information content (AvgIpc) is 2.52. The number of hydrogen-bond acceptors (Lipinski definition) is 3. The smallest absolute Gasteiger partial charge is 0.200 e. The third-order valence-electron chi connectivity index (χ3n) is 2.88. The van der Waals surface area contributed by atoms with E-state index in [4.69, 9.17) is 0 Å². The van der Waals surface area contributed by atoms with Gasteiger partial charge in [-0.05, 0) is 30.4 Å². The minimum absolute atomic E-state index is 0.0952. The molecule has 2 N–H and O–H groups in total. The Morgan fingerprint density at radius 3 is 1.96 bits per heavy atom. The summed E-state index contributed by atoms with van der Waals surface area (Å²) in [6.07, 6.45) is 1.36. The second-order valence-electron chi connectivity index (χ2n) is 4.39. The quantitative estimate of drug-likeness (QED) is 0.225. The number of benzene rings is 2. The van der Waals surface area contributed by atoms with Crippen LogP contribution in [0, 0.1) is 29.1 Å². The largest absolute Gasteiger partial charge is 0.508 e. The Hall–Kier alpha value is -2.90. The lowest BCUT2D eigenvalue weighted by atomic mass is 10.1. The van der Waals surface area contributed by atoms with Gasteiger partial charge in [-0.1, -0.05) is 0 Å². The zero-order chi connectivity index (χ0) is 17.3. The molecular weight excluding hydrogens is 323 g/mol. The molecule has 8 heteroatoms. The molecule has 2 rings (SSSR count). The van der Waals surface area contributed by atoms with Crippen molar-refractivity contribution in [3.8, 4) is 11.5 Å². The first-order valence-electron chi connectivity index (χ1n) is 5.99. The number of ketones is 1.